The minimum Gasteiger partial charge on any atom is -0.451 e. The number of sulfone groups is 1. The van der Waals surface area contributed by atoms with Gasteiger partial charge in [0.05, 0.1) is 11.5 Å². The van der Waals surface area contributed by atoms with Gasteiger partial charge in [0.2, 0.25) is 0 Å². The third-order valence-corrected chi connectivity index (χ3v) is 6.70. The van der Waals surface area contributed by atoms with Crippen LogP contribution in [0.5, 0.6) is 0 Å². The van der Waals surface area contributed by atoms with Crippen LogP contribution in [-0.4, -0.2) is 68.9 Å². The average Bonchev–Trinajstić information content (AvgIpc) is 3.11. The first-order valence-electron chi connectivity index (χ1n) is 8.93. The second kappa shape index (κ2) is 7.40. The summed E-state index contributed by atoms with van der Waals surface area (Å²) in [6.45, 7) is 3.23. The van der Waals surface area contributed by atoms with Crippen molar-refractivity contribution in [2.75, 3.05) is 38.7 Å². The quantitative estimate of drug-likeness (QED) is 0.771. The largest absolute Gasteiger partial charge is 0.451 e. The predicted octanol–water partition coefficient (Wildman–Crippen LogP) is 2.32. The number of hydrogen-bond donors (Lipinski definition) is 0. The van der Waals surface area contributed by atoms with Crippen LogP contribution >= 0.6 is 0 Å². The minimum atomic E-state index is -3.07. The maximum Gasteiger partial charge on any atom is 0.290 e. The Kier molecular flexibility index (Phi) is 5.39. The zero-order valence-electron chi connectivity index (χ0n) is 15.6. The molecule has 1 aliphatic heterocycles. The molecule has 0 N–H and O–H groups in total. The van der Waals surface area contributed by atoms with E-state index in [2.05, 4.69) is 4.90 Å². The van der Waals surface area contributed by atoms with Crippen molar-refractivity contribution in [2.45, 2.75) is 25.8 Å². The third kappa shape index (κ3) is 3.94. The highest BCUT2D eigenvalue weighted by Gasteiger charge is 2.36. The zero-order chi connectivity index (χ0) is 18.9. The van der Waals surface area contributed by atoms with E-state index in [0.717, 1.165) is 23.9 Å². The van der Waals surface area contributed by atoms with E-state index in [9.17, 15) is 13.2 Å². The van der Waals surface area contributed by atoms with Crippen molar-refractivity contribution >= 4 is 26.7 Å². The van der Waals surface area contributed by atoms with Gasteiger partial charge in [-0.3, -0.25) is 4.79 Å². The van der Waals surface area contributed by atoms with Crippen LogP contribution in [0.15, 0.2) is 28.7 Å². The van der Waals surface area contributed by atoms with Crippen LogP contribution in [0, 0.1) is 6.92 Å². The summed E-state index contributed by atoms with van der Waals surface area (Å²) in [4.78, 5) is 17.0. The van der Waals surface area contributed by atoms with Crippen molar-refractivity contribution in [3.8, 4) is 0 Å². The Morgan fingerprint density at radius 3 is 2.58 bits per heavy atom. The molecule has 0 aliphatic carbocycles. The molecule has 1 aromatic carbocycles. The van der Waals surface area contributed by atoms with Crippen LogP contribution in [0.1, 0.15) is 29.0 Å². The summed E-state index contributed by atoms with van der Waals surface area (Å²) in [5.41, 5.74) is 1.49. The molecule has 7 heteroatoms. The first-order chi connectivity index (χ1) is 12.3. The molecular formula is C19H26N2O4S. The normalized spacial score (nSPS) is 19.3. The molecule has 1 aromatic heterocycles. The number of para-hydroxylation sites is 1. The van der Waals surface area contributed by atoms with Gasteiger partial charge in [-0.2, -0.15) is 0 Å². The maximum atomic E-state index is 13.2. The Balaban J connectivity index is 1.89. The number of hydrogen-bond acceptors (Lipinski definition) is 5. The number of carbonyl (C=O) groups excluding carboxylic acids is 1. The highest BCUT2D eigenvalue weighted by Crippen LogP contribution is 2.28. The smallest absolute Gasteiger partial charge is 0.290 e. The van der Waals surface area contributed by atoms with Gasteiger partial charge in [0.25, 0.3) is 5.91 Å². The number of rotatable bonds is 6. The maximum absolute atomic E-state index is 13.2. The molecule has 142 valence electrons. The monoisotopic (exact) mass is 378 g/mol. The summed E-state index contributed by atoms with van der Waals surface area (Å²) in [6, 6.07) is 7.29. The minimum absolute atomic E-state index is 0.0416. The first kappa shape index (κ1) is 18.9. The van der Waals surface area contributed by atoms with E-state index in [1.807, 2.05) is 45.3 Å². The van der Waals surface area contributed by atoms with E-state index >= 15 is 0 Å². The van der Waals surface area contributed by atoms with Crippen molar-refractivity contribution in [1.29, 1.82) is 0 Å². The molecule has 1 aliphatic rings. The highest BCUT2D eigenvalue weighted by atomic mass is 32.2. The lowest BCUT2D eigenvalue weighted by Gasteiger charge is -2.28. The topological polar surface area (TPSA) is 70.8 Å². The van der Waals surface area contributed by atoms with Crippen molar-refractivity contribution < 1.29 is 17.6 Å². The van der Waals surface area contributed by atoms with Gasteiger partial charge in [-0.1, -0.05) is 18.2 Å². The van der Waals surface area contributed by atoms with Crippen molar-refractivity contribution in [3.05, 3.63) is 35.6 Å². The van der Waals surface area contributed by atoms with Gasteiger partial charge in [0, 0.05) is 23.5 Å². The van der Waals surface area contributed by atoms with Gasteiger partial charge >= 0.3 is 0 Å². The summed E-state index contributed by atoms with van der Waals surface area (Å²) < 4.78 is 29.7. The summed E-state index contributed by atoms with van der Waals surface area (Å²) in [5.74, 6) is 0.300. The van der Waals surface area contributed by atoms with E-state index in [4.69, 9.17) is 4.42 Å². The number of fused-ring (bicyclic) bond motifs is 1. The summed E-state index contributed by atoms with van der Waals surface area (Å²) >= 11 is 0. The molecule has 1 unspecified atom stereocenters. The number of amides is 1. The lowest BCUT2D eigenvalue weighted by molar-refractivity contribution is 0.0659. The van der Waals surface area contributed by atoms with E-state index < -0.39 is 9.84 Å². The molecule has 1 saturated heterocycles. The van der Waals surface area contributed by atoms with Crippen molar-refractivity contribution in [2.24, 2.45) is 0 Å². The van der Waals surface area contributed by atoms with Crippen LogP contribution in [-0.2, 0) is 9.84 Å². The molecule has 0 radical (unpaired) electrons. The molecule has 3 rings (SSSR count). The SMILES string of the molecule is Cc1c(C(=O)N(CCCN(C)C)C2CCS(=O)(=O)C2)oc2ccccc12. The van der Waals surface area contributed by atoms with Crippen LogP contribution < -0.4 is 0 Å². The molecule has 1 amide bonds. The van der Waals surface area contributed by atoms with Crippen LogP contribution in [0.3, 0.4) is 0 Å². The third-order valence-electron chi connectivity index (χ3n) is 4.95. The van der Waals surface area contributed by atoms with E-state index in [1.54, 1.807) is 4.90 Å². The van der Waals surface area contributed by atoms with Gasteiger partial charge in [0.1, 0.15) is 5.58 Å². The Bertz CT molecular complexity index is 901. The molecule has 2 heterocycles. The highest BCUT2D eigenvalue weighted by molar-refractivity contribution is 7.91. The van der Waals surface area contributed by atoms with Crippen LogP contribution in [0.4, 0.5) is 0 Å². The Morgan fingerprint density at radius 1 is 1.23 bits per heavy atom. The number of nitrogens with zero attached hydrogens (tertiary/aromatic N) is 2. The van der Waals surface area contributed by atoms with Gasteiger partial charge in [-0.15, -0.1) is 0 Å². The molecule has 1 atom stereocenters. The van der Waals surface area contributed by atoms with E-state index in [1.165, 1.54) is 0 Å². The standard InChI is InChI=1S/C19H26N2O4S/c1-14-16-7-4-5-8-17(16)25-18(14)19(22)21(11-6-10-20(2)3)15-9-12-26(23,24)13-15/h4-5,7-8,15H,6,9-13H2,1-3H3. The molecule has 6 nitrogen and oxygen atoms in total. The fourth-order valence-corrected chi connectivity index (χ4v) is 5.27. The Morgan fingerprint density at radius 2 is 1.96 bits per heavy atom. The van der Waals surface area contributed by atoms with Gasteiger partial charge in [0.15, 0.2) is 15.6 Å². The second-order valence-corrected chi connectivity index (χ2v) is 9.49. The van der Waals surface area contributed by atoms with E-state index in [-0.39, 0.29) is 23.5 Å². The molecule has 2 aromatic rings. The molecule has 0 saturated carbocycles. The number of carbonyl (C=O) groups is 1. The fraction of sp³-hybridized carbons (Fsp3) is 0.526. The Hall–Kier alpha value is -1.86. The van der Waals surface area contributed by atoms with Crippen molar-refractivity contribution in [1.82, 2.24) is 9.80 Å². The van der Waals surface area contributed by atoms with Crippen LogP contribution in [0.2, 0.25) is 0 Å². The lowest BCUT2D eigenvalue weighted by Crippen LogP contribution is -2.42. The van der Waals surface area contributed by atoms with Crippen LogP contribution in [0.25, 0.3) is 11.0 Å². The molecular weight excluding hydrogens is 352 g/mol. The average molecular weight is 378 g/mol. The zero-order valence-corrected chi connectivity index (χ0v) is 16.4. The summed E-state index contributed by atoms with van der Waals surface area (Å²) in [6.07, 6.45) is 1.28. The lowest BCUT2D eigenvalue weighted by atomic mass is 10.1. The Labute approximate surface area is 154 Å². The molecule has 26 heavy (non-hydrogen) atoms. The predicted molar refractivity (Wildman–Crippen MR) is 102 cm³/mol. The first-order valence-corrected chi connectivity index (χ1v) is 10.7. The van der Waals surface area contributed by atoms with E-state index in [0.29, 0.717) is 24.3 Å². The number of furan rings is 1. The molecule has 0 spiro atoms. The van der Waals surface area contributed by atoms with Gasteiger partial charge in [-0.05, 0) is 46.5 Å². The summed E-state index contributed by atoms with van der Waals surface area (Å²) in [5, 5.41) is 0.920. The van der Waals surface area contributed by atoms with Gasteiger partial charge < -0.3 is 14.2 Å². The fourth-order valence-electron chi connectivity index (χ4n) is 3.54. The molecule has 0 bridgehead atoms. The number of benzene rings is 1. The number of aryl methyl sites for hydroxylation is 1. The van der Waals surface area contributed by atoms with Gasteiger partial charge in [-0.25, -0.2) is 8.42 Å². The second-order valence-electron chi connectivity index (χ2n) is 7.26. The molecule has 1 fully saturated rings. The summed E-state index contributed by atoms with van der Waals surface area (Å²) in [7, 11) is 0.896. The van der Waals surface area contributed by atoms with Crippen molar-refractivity contribution in [3.63, 3.8) is 0 Å².